The minimum atomic E-state index is -0.287. The molecule has 0 aliphatic rings. The van der Waals surface area contributed by atoms with Crippen molar-refractivity contribution in [1.29, 1.82) is 0 Å². The zero-order valence-electron chi connectivity index (χ0n) is 11.4. The minimum absolute atomic E-state index is 0.287. The maximum Gasteiger partial charge on any atom is 0.213 e. The summed E-state index contributed by atoms with van der Waals surface area (Å²) in [5.74, 6) is -0.287. The number of carbonyl (C=O) groups is 1. The van der Waals surface area contributed by atoms with Crippen LogP contribution in [0.25, 0.3) is 32.2 Å². The highest BCUT2D eigenvalue weighted by Crippen LogP contribution is 2.37. The Labute approximate surface area is 147 Å². The van der Waals surface area contributed by atoms with E-state index in [1.807, 2.05) is 40.8 Å². The van der Waals surface area contributed by atoms with Gasteiger partial charge in [0.1, 0.15) is 5.82 Å². The van der Waals surface area contributed by atoms with Crippen molar-refractivity contribution in [2.24, 2.45) is 0 Å². The zero-order valence-corrected chi connectivity index (χ0v) is 14.4. The SMILES string of the molecule is O=CNc1nc2ccc(-c3c(I)c(F)cc4[nH]ncc34)cc2s1. The van der Waals surface area contributed by atoms with Crippen LogP contribution < -0.4 is 5.32 Å². The molecule has 4 rings (SSSR count). The summed E-state index contributed by atoms with van der Waals surface area (Å²) in [6, 6.07) is 7.16. The summed E-state index contributed by atoms with van der Waals surface area (Å²) >= 11 is 3.38. The molecule has 4 aromatic rings. The highest BCUT2D eigenvalue weighted by atomic mass is 127. The quantitative estimate of drug-likeness (QED) is 0.373. The van der Waals surface area contributed by atoms with E-state index in [0.717, 1.165) is 26.7 Å². The Bertz CT molecular complexity index is 1060. The second-order valence-corrected chi connectivity index (χ2v) is 6.95. The normalized spacial score (nSPS) is 11.2. The van der Waals surface area contributed by atoms with Crippen molar-refractivity contribution < 1.29 is 9.18 Å². The number of thiazole rings is 1. The van der Waals surface area contributed by atoms with Gasteiger partial charge in [-0.15, -0.1) is 0 Å². The second-order valence-electron chi connectivity index (χ2n) is 4.84. The van der Waals surface area contributed by atoms with Gasteiger partial charge in [-0.1, -0.05) is 17.4 Å². The Balaban J connectivity index is 1.96. The van der Waals surface area contributed by atoms with Gasteiger partial charge in [-0.3, -0.25) is 9.89 Å². The number of hydrogen-bond acceptors (Lipinski definition) is 4. The lowest BCUT2D eigenvalue weighted by Crippen LogP contribution is -1.91. The third kappa shape index (κ3) is 2.38. The number of H-pyrrole nitrogens is 1. The lowest BCUT2D eigenvalue weighted by atomic mass is 10.0. The van der Waals surface area contributed by atoms with Crippen LogP contribution in [0.2, 0.25) is 0 Å². The van der Waals surface area contributed by atoms with Crippen LogP contribution in [0.3, 0.4) is 0 Å². The average molecular weight is 438 g/mol. The van der Waals surface area contributed by atoms with Gasteiger partial charge in [-0.05, 0) is 40.3 Å². The average Bonchev–Trinajstić information content (AvgIpc) is 3.14. The van der Waals surface area contributed by atoms with Gasteiger partial charge in [0, 0.05) is 17.0 Å². The van der Waals surface area contributed by atoms with Crippen molar-refractivity contribution in [2.45, 2.75) is 0 Å². The number of fused-ring (bicyclic) bond motifs is 2. The third-order valence-electron chi connectivity index (χ3n) is 3.50. The molecule has 0 atom stereocenters. The summed E-state index contributed by atoms with van der Waals surface area (Å²) in [6.07, 6.45) is 2.30. The third-order valence-corrected chi connectivity index (χ3v) is 5.50. The minimum Gasteiger partial charge on any atom is -0.305 e. The van der Waals surface area contributed by atoms with E-state index in [1.54, 1.807) is 6.20 Å². The molecule has 114 valence electrons. The van der Waals surface area contributed by atoms with E-state index in [1.165, 1.54) is 17.4 Å². The van der Waals surface area contributed by atoms with Crippen LogP contribution >= 0.6 is 33.9 Å². The zero-order chi connectivity index (χ0) is 16.0. The van der Waals surface area contributed by atoms with Crippen LogP contribution in [0.5, 0.6) is 0 Å². The molecule has 2 aromatic carbocycles. The summed E-state index contributed by atoms with van der Waals surface area (Å²) in [6.45, 7) is 0. The van der Waals surface area contributed by atoms with Crippen LogP contribution in [0, 0.1) is 9.39 Å². The Morgan fingerprint density at radius 3 is 3.04 bits per heavy atom. The van der Waals surface area contributed by atoms with Crippen molar-refractivity contribution in [2.75, 3.05) is 5.32 Å². The summed E-state index contributed by atoms with van der Waals surface area (Å²) in [7, 11) is 0. The van der Waals surface area contributed by atoms with Gasteiger partial charge in [-0.2, -0.15) is 5.10 Å². The van der Waals surface area contributed by atoms with Crippen LogP contribution in [0.15, 0.2) is 30.5 Å². The highest BCUT2D eigenvalue weighted by molar-refractivity contribution is 14.1. The first-order chi connectivity index (χ1) is 11.2. The topological polar surface area (TPSA) is 70.7 Å². The molecule has 0 bridgehead atoms. The van der Waals surface area contributed by atoms with Crippen molar-refractivity contribution in [3.05, 3.63) is 39.8 Å². The Morgan fingerprint density at radius 1 is 1.35 bits per heavy atom. The molecule has 0 unspecified atom stereocenters. The lowest BCUT2D eigenvalue weighted by Gasteiger charge is -2.08. The van der Waals surface area contributed by atoms with E-state index in [9.17, 15) is 9.18 Å². The fraction of sp³-hybridized carbons (Fsp3) is 0. The summed E-state index contributed by atoms with van der Waals surface area (Å²) in [5, 5.41) is 10.8. The van der Waals surface area contributed by atoms with Crippen LogP contribution in [0.1, 0.15) is 0 Å². The number of aromatic amines is 1. The van der Waals surface area contributed by atoms with Gasteiger partial charge >= 0.3 is 0 Å². The van der Waals surface area contributed by atoms with Gasteiger partial charge < -0.3 is 5.32 Å². The second kappa shape index (κ2) is 5.53. The predicted molar refractivity (Wildman–Crippen MR) is 97.1 cm³/mol. The Morgan fingerprint density at radius 2 is 2.22 bits per heavy atom. The smallest absolute Gasteiger partial charge is 0.213 e. The fourth-order valence-electron chi connectivity index (χ4n) is 2.51. The van der Waals surface area contributed by atoms with Gasteiger partial charge in [0.2, 0.25) is 6.41 Å². The molecule has 0 fully saturated rings. The first kappa shape index (κ1) is 14.5. The molecule has 2 aromatic heterocycles. The maximum atomic E-state index is 14.2. The van der Waals surface area contributed by atoms with Crippen molar-refractivity contribution in [1.82, 2.24) is 15.2 Å². The van der Waals surface area contributed by atoms with E-state index in [4.69, 9.17) is 0 Å². The molecular formula is C15H8FIN4OS. The summed E-state index contributed by atoms with van der Waals surface area (Å²) < 4.78 is 15.6. The van der Waals surface area contributed by atoms with Crippen LogP contribution in [-0.2, 0) is 4.79 Å². The summed E-state index contributed by atoms with van der Waals surface area (Å²) in [5.41, 5.74) is 3.13. The van der Waals surface area contributed by atoms with Crippen LogP contribution in [-0.4, -0.2) is 21.6 Å². The number of amides is 1. The van der Waals surface area contributed by atoms with Crippen molar-refractivity contribution in [3.8, 4) is 11.1 Å². The highest BCUT2D eigenvalue weighted by Gasteiger charge is 2.15. The lowest BCUT2D eigenvalue weighted by molar-refractivity contribution is -0.105. The van der Waals surface area contributed by atoms with Crippen molar-refractivity contribution >= 4 is 66.6 Å². The Hall–Kier alpha value is -2.07. The molecule has 0 aliphatic heterocycles. The number of aromatic nitrogens is 3. The molecule has 0 aliphatic carbocycles. The number of anilines is 1. The molecular weight excluding hydrogens is 430 g/mol. The molecule has 1 amide bonds. The first-order valence-electron chi connectivity index (χ1n) is 6.59. The molecule has 23 heavy (non-hydrogen) atoms. The van der Waals surface area contributed by atoms with E-state index in [2.05, 4.69) is 20.5 Å². The molecule has 2 N–H and O–H groups in total. The maximum absolute atomic E-state index is 14.2. The van der Waals surface area contributed by atoms with E-state index in [-0.39, 0.29) is 5.82 Å². The molecule has 0 saturated heterocycles. The molecule has 5 nitrogen and oxygen atoms in total. The number of rotatable bonds is 3. The largest absolute Gasteiger partial charge is 0.305 e. The number of carbonyl (C=O) groups excluding carboxylic acids is 1. The molecule has 0 spiro atoms. The molecule has 8 heteroatoms. The first-order valence-corrected chi connectivity index (χ1v) is 8.49. The molecule has 0 radical (unpaired) electrons. The Kier molecular flexibility index (Phi) is 3.49. The standard InChI is InChI=1S/C15H8FIN4OS/c16-9-4-11-8(5-19-21-11)13(14(9)17)7-1-2-10-12(3-7)23-15(20-10)18-6-22/h1-6H,(H,19,21)(H,18,20,22). The van der Waals surface area contributed by atoms with Crippen molar-refractivity contribution in [3.63, 3.8) is 0 Å². The number of halogens is 2. The number of nitrogens with one attached hydrogen (secondary N) is 2. The molecule has 2 heterocycles. The van der Waals surface area contributed by atoms with E-state index in [0.29, 0.717) is 20.6 Å². The van der Waals surface area contributed by atoms with Gasteiger partial charge in [0.25, 0.3) is 0 Å². The van der Waals surface area contributed by atoms with E-state index < -0.39 is 0 Å². The number of hydrogen-bond donors (Lipinski definition) is 2. The van der Waals surface area contributed by atoms with Gasteiger partial charge in [0.15, 0.2) is 5.13 Å². The number of benzene rings is 2. The monoisotopic (exact) mass is 438 g/mol. The molecule has 0 saturated carbocycles. The fourth-order valence-corrected chi connectivity index (χ4v) is 4.13. The number of nitrogens with zero attached hydrogens (tertiary/aromatic N) is 2. The van der Waals surface area contributed by atoms with E-state index >= 15 is 0 Å². The van der Waals surface area contributed by atoms with Gasteiger partial charge in [0.05, 0.1) is 25.5 Å². The van der Waals surface area contributed by atoms with Crippen LogP contribution in [0.4, 0.5) is 9.52 Å². The van der Waals surface area contributed by atoms with Gasteiger partial charge in [-0.25, -0.2) is 9.37 Å². The summed E-state index contributed by atoms with van der Waals surface area (Å²) in [4.78, 5) is 14.9. The predicted octanol–water partition coefficient (Wildman–Crippen LogP) is 4.15.